The average molecular weight is 298 g/mol. The minimum absolute atomic E-state index is 0.187. The van der Waals surface area contributed by atoms with Crippen LogP contribution in [0.25, 0.3) is 10.8 Å². The fourth-order valence-electron chi connectivity index (χ4n) is 4.60. The SMILES string of the molecule is CCC[C@]1(OC)[C@@H](CC)[C@]1(OC)c1ccc2ccccc2c1. The molecule has 22 heavy (non-hydrogen) atoms. The third-order valence-electron chi connectivity index (χ3n) is 5.49. The number of methoxy groups -OCH3 is 2. The van der Waals surface area contributed by atoms with Crippen molar-refractivity contribution in [1.82, 2.24) is 0 Å². The molecule has 0 aliphatic heterocycles. The van der Waals surface area contributed by atoms with Gasteiger partial charge in [0.05, 0.1) is 0 Å². The van der Waals surface area contributed by atoms with Gasteiger partial charge in [-0.25, -0.2) is 0 Å². The van der Waals surface area contributed by atoms with Gasteiger partial charge in [0.2, 0.25) is 0 Å². The van der Waals surface area contributed by atoms with Crippen LogP contribution in [0.4, 0.5) is 0 Å². The molecule has 2 heteroatoms. The quantitative estimate of drug-likeness (QED) is 0.754. The van der Waals surface area contributed by atoms with Crippen molar-refractivity contribution in [2.45, 2.75) is 44.3 Å². The average Bonchev–Trinajstić information content (AvgIpc) is 3.16. The van der Waals surface area contributed by atoms with E-state index in [-0.39, 0.29) is 11.2 Å². The lowest BCUT2D eigenvalue weighted by Crippen LogP contribution is -2.27. The summed E-state index contributed by atoms with van der Waals surface area (Å²) in [6.07, 6.45) is 3.19. The van der Waals surface area contributed by atoms with E-state index >= 15 is 0 Å². The molecule has 0 aromatic heterocycles. The second-order valence-electron chi connectivity index (χ2n) is 6.31. The highest BCUT2D eigenvalue weighted by atomic mass is 16.6. The summed E-state index contributed by atoms with van der Waals surface area (Å²) in [5, 5.41) is 2.53. The highest BCUT2D eigenvalue weighted by molar-refractivity contribution is 5.83. The Morgan fingerprint density at radius 3 is 2.27 bits per heavy atom. The van der Waals surface area contributed by atoms with Gasteiger partial charge in [-0.2, -0.15) is 0 Å². The Morgan fingerprint density at radius 2 is 1.68 bits per heavy atom. The normalized spacial score (nSPS) is 30.6. The first-order chi connectivity index (χ1) is 10.7. The Bertz CT molecular complexity index is 666. The van der Waals surface area contributed by atoms with Crippen molar-refractivity contribution in [3.8, 4) is 0 Å². The molecule has 0 radical (unpaired) electrons. The van der Waals surface area contributed by atoms with E-state index in [9.17, 15) is 0 Å². The molecule has 0 bridgehead atoms. The number of fused-ring (bicyclic) bond motifs is 1. The van der Waals surface area contributed by atoms with Crippen molar-refractivity contribution in [3.63, 3.8) is 0 Å². The third-order valence-corrected chi connectivity index (χ3v) is 5.49. The monoisotopic (exact) mass is 298 g/mol. The minimum atomic E-state index is -0.309. The standard InChI is InChI=1S/C20H26O2/c1-5-13-19(21-3)18(6-2)20(19,22-4)17-12-11-15-9-7-8-10-16(15)14-17/h7-12,14,18H,5-6,13H2,1-4H3/t18-,19+,20-/m1/s1. The number of ether oxygens (including phenoxy) is 2. The fraction of sp³-hybridized carbons (Fsp3) is 0.500. The van der Waals surface area contributed by atoms with Gasteiger partial charge in [0, 0.05) is 20.1 Å². The van der Waals surface area contributed by atoms with E-state index in [0.717, 1.165) is 19.3 Å². The van der Waals surface area contributed by atoms with Gasteiger partial charge in [-0.3, -0.25) is 0 Å². The van der Waals surface area contributed by atoms with Crippen LogP contribution in [-0.4, -0.2) is 19.8 Å². The van der Waals surface area contributed by atoms with Crippen molar-refractivity contribution in [3.05, 3.63) is 48.0 Å². The molecule has 0 unspecified atom stereocenters. The summed E-state index contributed by atoms with van der Waals surface area (Å²) in [6, 6.07) is 15.2. The van der Waals surface area contributed by atoms with E-state index in [1.54, 1.807) is 0 Å². The highest BCUT2D eigenvalue weighted by Crippen LogP contribution is 2.68. The second-order valence-corrected chi connectivity index (χ2v) is 6.31. The van der Waals surface area contributed by atoms with Crippen LogP contribution in [0.1, 0.15) is 38.7 Å². The van der Waals surface area contributed by atoms with Gasteiger partial charge in [0.1, 0.15) is 11.2 Å². The van der Waals surface area contributed by atoms with Crippen molar-refractivity contribution < 1.29 is 9.47 Å². The van der Waals surface area contributed by atoms with Gasteiger partial charge < -0.3 is 9.47 Å². The van der Waals surface area contributed by atoms with Gasteiger partial charge in [-0.15, -0.1) is 0 Å². The molecular weight excluding hydrogens is 272 g/mol. The highest BCUT2D eigenvalue weighted by Gasteiger charge is 2.77. The van der Waals surface area contributed by atoms with Crippen molar-refractivity contribution in [2.75, 3.05) is 14.2 Å². The lowest BCUT2D eigenvalue weighted by atomic mass is 9.97. The van der Waals surface area contributed by atoms with E-state index in [4.69, 9.17) is 9.47 Å². The molecule has 1 saturated carbocycles. The lowest BCUT2D eigenvalue weighted by Gasteiger charge is -2.24. The van der Waals surface area contributed by atoms with Crippen LogP contribution in [-0.2, 0) is 15.1 Å². The van der Waals surface area contributed by atoms with Gasteiger partial charge in [-0.1, -0.05) is 56.7 Å². The summed E-state index contributed by atoms with van der Waals surface area (Å²) in [4.78, 5) is 0. The molecule has 1 aliphatic carbocycles. The maximum absolute atomic E-state index is 6.12. The van der Waals surface area contributed by atoms with E-state index < -0.39 is 0 Å². The molecular formula is C20H26O2. The van der Waals surface area contributed by atoms with Crippen LogP contribution >= 0.6 is 0 Å². The minimum Gasteiger partial charge on any atom is -0.374 e. The van der Waals surface area contributed by atoms with E-state index in [2.05, 4.69) is 56.3 Å². The number of hydrogen-bond donors (Lipinski definition) is 0. The summed E-state index contributed by atoms with van der Waals surface area (Å²) in [5.74, 6) is 0.413. The Morgan fingerprint density at radius 1 is 0.955 bits per heavy atom. The van der Waals surface area contributed by atoms with Gasteiger partial charge in [0.15, 0.2) is 0 Å². The second kappa shape index (κ2) is 5.68. The molecule has 0 saturated heterocycles. The van der Waals surface area contributed by atoms with Gasteiger partial charge in [0.25, 0.3) is 0 Å². The molecule has 1 aliphatic rings. The maximum atomic E-state index is 6.12. The fourth-order valence-corrected chi connectivity index (χ4v) is 4.60. The van der Waals surface area contributed by atoms with Gasteiger partial charge >= 0.3 is 0 Å². The Labute approximate surface area is 133 Å². The van der Waals surface area contributed by atoms with Crippen molar-refractivity contribution in [1.29, 1.82) is 0 Å². The molecule has 2 aromatic carbocycles. The molecule has 3 atom stereocenters. The van der Waals surface area contributed by atoms with Crippen molar-refractivity contribution in [2.24, 2.45) is 5.92 Å². The molecule has 0 heterocycles. The Hall–Kier alpha value is -1.38. The predicted molar refractivity (Wildman–Crippen MR) is 91.1 cm³/mol. The Kier molecular flexibility index (Phi) is 4.00. The van der Waals surface area contributed by atoms with E-state index in [0.29, 0.717) is 5.92 Å². The smallest absolute Gasteiger partial charge is 0.128 e. The number of benzene rings is 2. The molecule has 2 nitrogen and oxygen atoms in total. The molecule has 0 N–H and O–H groups in total. The zero-order valence-electron chi connectivity index (χ0n) is 14.1. The van der Waals surface area contributed by atoms with Crippen LogP contribution in [0.3, 0.4) is 0 Å². The summed E-state index contributed by atoms with van der Waals surface area (Å²) in [6.45, 7) is 4.45. The third kappa shape index (κ3) is 1.87. The van der Waals surface area contributed by atoms with Crippen LogP contribution in [0.5, 0.6) is 0 Å². The maximum Gasteiger partial charge on any atom is 0.128 e. The number of hydrogen-bond acceptors (Lipinski definition) is 2. The van der Waals surface area contributed by atoms with Crippen LogP contribution in [0.15, 0.2) is 42.5 Å². The zero-order chi connectivity index (χ0) is 15.8. The summed E-state index contributed by atoms with van der Waals surface area (Å²) in [5.41, 5.74) is 0.750. The molecule has 2 aromatic rings. The van der Waals surface area contributed by atoms with Crippen molar-refractivity contribution >= 4 is 10.8 Å². The van der Waals surface area contributed by atoms with Crippen LogP contribution < -0.4 is 0 Å². The molecule has 0 amide bonds. The predicted octanol–water partition coefficient (Wildman–Crippen LogP) is 4.91. The van der Waals surface area contributed by atoms with E-state index in [1.807, 2.05) is 14.2 Å². The summed E-state index contributed by atoms with van der Waals surface area (Å²) in [7, 11) is 3.66. The first kappa shape index (κ1) is 15.5. The summed E-state index contributed by atoms with van der Waals surface area (Å²) < 4.78 is 12.2. The first-order valence-corrected chi connectivity index (χ1v) is 8.29. The molecule has 0 spiro atoms. The largest absolute Gasteiger partial charge is 0.374 e. The zero-order valence-corrected chi connectivity index (χ0v) is 14.1. The topological polar surface area (TPSA) is 18.5 Å². The molecule has 1 fully saturated rings. The first-order valence-electron chi connectivity index (χ1n) is 8.29. The molecule has 3 rings (SSSR count). The summed E-state index contributed by atoms with van der Waals surface area (Å²) >= 11 is 0. The van der Waals surface area contributed by atoms with E-state index in [1.165, 1.54) is 16.3 Å². The Balaban J connectivity index is 2.12. The number of rotatable bonds is 6. The lowest BCUT2D eigenvalue weighted by molar-refractivity contribution is -0.0426. The van der Waals surface area contributed by atoms with Crippen LogP contribution in [0.2, 0.25) is 0 Å². The van der Waals surface area contributed by atoms with Crippen LogP contribution in [0, 0.1) is 5.92 Å². The van der Waals surface area contributed by atoms with Gasteiger partial charge in [-0.05, 0) is 35.2 Å². The molecule has 118 valence electrons.